The molecule has 6 heteroatoms. The van der Waals surface area contributed by atoms with Crippen LogP contribution in [0.5, 0.6) is 0 Å². The quantitative estimate of drug-likeness (QED) is 0.754. The second kappa shape index (κ2) is 8.13. The zero-order chi connectivity index (χ0) is 15.9. The summed E-state index contributed by atoms with van der Waals surface area (Å²) in [6.45, 7) is 3.50. The van der Waals surface area contributed by atoms with E-state index in [1.807, 2.05) is 12.3 Å². The summed E-state index contributed by atoms with van der Waals surface area (Å²) in [6.07, 6.45) is 9.99. The van der Waals surface area contributed by atoms with Crippen LogP contribution in [0.3, 0.4) is 0 Å². The third-order valence-electron chi connectivity index (χ3n) is 4.81. The van der Waals surface area contributed by atoms with Crippen LogP contribution in [0.15, 0.2) is 12.3 Å². The number of nitrogens with zero attached hydrogens (tertiary/aromatic N) is 3. The number of hydrogen-bond acceptors (Lipinski definition) is 5. The standard InChI is InChI=1S/C17H27N5O/c23-17(11-14-5-1-2-6-14)19-8-7-18-16-12-15(13-20-21-16)22-9-3-4-10-22/h12-14H,1-11H2,(H,18,21)(H,19,23). The molecule has 2 fully saturated rings. The summed E-state index contributed by atoms with van der Waals surface area (Å²) in [7, 11) is 0. The van der Waals surface area contributed by atoms with Crippen molar-refractivity contribution < 1.29 is 4.79 Å². The van der Waals surface area contributed by atoms with Crippen molar-refractivity contribution in [2.45, 2.75) is 44.9 Å². The van der Waals surface area contributed by atoms with Gasteiger partial charge >= 0.3 is 0 Å². The molecule has 0 spiro atoms. The molecule has 0 radical (unpaired) electrons. The van der Waals surface area contributed by atoms with Crippen molar-refractivity contribution >= 4 is 17.4 Å². The second-order valence-electron chi connectivity index (χ2n) is 6.62. The van der Waals surface area contributed by atoms with Crippen molar-refractivity contribution in [1.29, 1.82) is 0 Å². The first-order valence-corrected chi connectivity index (χ1v) is 8.89. The molecule has 1 aliphatic heterocycles. The van der Waals surface area contributed by atoms with Crippen LogP contribution in [0.1, 0.15) is 44.9 Å². The van der Waals surface area contributed by atoms with Gasteiger partial charge < -0.3 is 15.5 Å². The minimum absolute atomic E-state index is 0.176. The lowest BCUT2D eigenvalue weighted by Crippen LogP contribution is -2.30. The largest absolute Gasteiger partial charge is 0.370 e. The second-order valence-corrected chi connectivity index (χ2v) is 6.62. The number of nitrogens with one attached hydrogen (secondary N) is 2. The van der Waals surface area contributed by atoms with Gasteiger partial charge in [-0.2, -0.15) is 5.10 Å². The minimum atomic E-state index is 0.176. The Balaban J connectivity index is 1.36. The van der Waals surface area contributed by atoms with E-state index in [1.165, 1.54) is 38.5 Å². The highest BCUT2D eigenvalue weighted by atomic mass is 16.1. The molecule has 0 bridgehead atoms. The molecule has 1 aromatic rings. The lowest BCUT2D eigenvalue weighted by Gasteiger charge is -2.17. The molecule has 2 aliphatic rings. The molecule has 1 saturated heterocycles. The van der Waals surface area contributed by atoms with Crippen LogP contribution in [0.25, 0.3) is 0 Å². The van der Waals surface area contributed by atoms with E-state index in [0.717, 1.165) is 24.6 Å². The molecule has 1 amide bonds. The first-order valence-electron chi connectivity index (χ1n) is 8.89. The third kappa shape index (κ3) is 4.81. The number of amides is 1. The molecule has 2 heterocycles. The highest BCUT2D eigenvalue weighted by molar-refractivity contribution is 5.76. The maximum atomic E-state index is 11.9. The molecule has 3 rings (SSSR count). The summed E-state index contributed by atoms with van der Waals surface area (Å²) in [6, 6.07) is 2.04. The lowest BCUT2D eigenvalue weighted by atomic mass is 10.0. The summed E-state index contributed by atoms with van der Waals surface area (Å²) >= 11 is 0. The average Bonchev–Trinajstić information content (AvgIpc) is 3.25. The van der Waals surface area contributed by atoms with Crippen molar-refractivity contribution in [3.63, 3.8) is 0 Å². The highest BCUT2D eigenvalue weighted by Gasteiger charge is 2.18. The fourth-order valence-electron chi connectivity index (χ4n) is 3.53. The third-order valence-corrected chi connectivity index (χ3v) is 4.81. The Morgan fingerprint density at radius 3 is 2.74 bits per heavy atom. The first-order chi connectivity index (χ1) is 11.3. The van der Waals surface area contributed by atoms with E-state index in [1.54, 1.807) is 0 Å². The van der Waals surface area contributed by atoms with E-state index in [2.05, 4.69) is 25.7 Å². The molecule has 0 unspecified atom stereocenters. The molecule has 1 aromatic heterocycles. The Bertz CT molecular complexity index is 509. The number of hydrogen-bond donors (Lipinski definition) is 2. The summed E-state index contributed by atoms with van der Waals surface area (Å²) < 4.78 is 0. The van der Waals surface area contributed by atoms with Gasteiger partial charge in [-0.25, -0.2) is 0 Å². The van der Waals surface area contributed by atoms with Crippen LogP contribution in [-0.4, -0.2) is 42.3 Å². The number of aromatic nitrogens is 2. The van der Waals surface area contributed by atoms with Gasteiger partial charge in [-0.1, -0.05) is 12.8 Å². The van der Waals surface area contributed by atoms with Crippen molar-refractivity contribution in [3.8, 4) is 0 Å². The van der Waals surface area contributed by atoms with Gasteiger partial charge in [-0.05, 0) is 31.6 Å². The van der Waals surface area contributed by atoms with Crippen LogP contribution >= 0.6 is 0 Å². The van der Waals surface area contributed by atoms with E-state index < -0.39 is 0 Å². The zero-order valence-corrected chi connectivity index (χ0v) is 13.8. The van der Waals surface area contributed by atoms with Crippen molar-refractivity contribution in [2.24, 2.45) is 5.92 Å². The van der Waals surface area contributed by atoms with Crippen LogP contribution < -0.4 is 15.5 Å². The van der Waals surface area contributed by atoms with Crippen LogP contribution in [0.2, 0.25) is 0 Å². The topological polar surface area (TPSA) is 70.2 Å². The number of carbonyl (C=O) groups excluding carboxylic acids is 1. The Hall–Kier alpha value is -1.85. The fourth-order valence-corrected chi connectivity index (χ4v) is 3.53. The molecule has 1 aliphatic carbocycles. The Kier molecular flexibility index (Phi) is 5.66. The predicted molar refractivity (Wildman–Crippen MR) is 91.6 cm³/mol. The maximum absolute atomic E-state index is 11.9. The molecule has 126 valence electrons. The molecular formula is C17H27N5O. The lowest BCUT2D eigenvalue weighted by molar-refractivity contribution is -0.121. The van der Waals surface area contributed by atoms with Gasteiger partial charge in [-0.3, -0.25) is 4.79 Å². The number of anilines is 2. The van der Waals surface area contributed by atoms with Gasteiger partial charge in [0.25, 0.3) is 0 Å². The van der Waals surface area contributed by atoms with Gasteiger partial charge in [0, 0.05) is 38.7 Å². The van der Waals surface area contributed by atoms with Gasteiger partial charge in [-0.15, -0.1) is 5.10 Å². The van der Waals surface area contributed by atoms with Crippen molar-refractivity contribution in [3.05, 3.63) is 12.3 Å². The molecule has 6 nitrogen and oxygen atoms in total. The van der Waals surface area contributed by atoms with E-state index in [-0.39, 0.29) is 5.91 Å². The summed E-state index contributed by atoms with van der Waals surface area (Å²) in [5, 5.41) is 14.4. The van der Waals surface area contributed by atoms with Gasteiger partial charge in [0.1, 0.15) is 0 Å². The Morgan fingerprint density at radius 1 is 1.17 bits per heavy atom. The van der Waals surface area contributed by atoms with E-state index in [0.29, 0.717) is 25.4 Å². The molecular weight excluding hydrogens is 290 g/mol. The Morgan fingerprint density at radius 2 is 1.96 bits per heavy atom. The number of rotatable bonds is 7. The molecule has 1 saturated carbocycles. The van der Waals surface area contributed by atoms with Gasteiger partial charge in [0.15, 0.2) is 5.82 Å². The van der Waals surface area contributed by atoms with Crippen LogP contribution in [0, 0.1) is 5.92 Å². The van der Waals surface area contributed by atoms with E-state index >= 15 is 0 Å². The van der Waals surface area contributed by atoms with Gasteiger partial charge in [0.05, 0.1) is 11.9 Å². The monoisotopic (exact) mass is 317 g/mol. The normalized spacial score (nSPS) is 18.3. The maximum Gasteiger partial charge on any atom is 0.220 e. The minimum Gasteiger partial charge on any atom is -0.370 e. The molecule has 0 atom stereocenters. The summed E-state index contributed by atoms with van der Waals surface area (Å²) in [4.78, 5) is 14.2. The molecule has 2 N–H and O–H groups in total. The van der Waals surface area contributed by atoms with Gasteiger partial charge in [0.2, 0.25) is 5.91 Å². The fraction of sp³-hybridized carbons (Fsp3) is 0.706. The summed E-state index contributed by atoms with van der Waals surface area (Å²) in [5.41, 5.74) is 1.13. The molecule has 0 aromatic carbocycles. The van der Waals surface area contributed by atoms with E-state index in [4.69, 9.17) is 0 Å². The Labute approximate surface area is 138 Å². The van der Waals surface area contributed by atoms with Crippen LogP contribution in [-0.2, 0) is 4.79 Å². The van der Waals surface area contributed by atoms with Crippen LogP contribution in [0.4, 0.5) is 11.5 Å². The highest BCUT2D eigenvalue weighted by Crippen LogP contribution is 2.27. The first kappa shape index (κ1) is 16.0. The SMILES string of the molecule is O=C(CC1CCCC1)NCCNc1cc(N2CCCC2)cnn1. The van der Waals surface area contributed by atoms with Crippen molar-refractivity contribution in [2.75, 3.05) is 36.4 Å². The number of carbonyl (C=O) groups is 1. The zero-order valence-electron chi connectivity index (χ0n) is 13.8. The smallest absolute Gasteiger partial charge is 0.220 e. The molecule has 23 heavy (non-hydrogen) atoms. The summed E-state index contributed by atoms with van der Waals surface area (Å²) in [5.74, 6) is 1.56. The predicted octanol–water partition coefficient (Wildman–Crippen LogP) is 2.19. The van der Waals surface area contributed by atoms with Crippen molar-refractivity contribution in [1.82, 2.24) is 15.5 Å². The van der Waals surface area contributed by atoms with E-state index in [9.17, 15) is 4.79 Å². The average molecular weight is 317 g/mol.